The van der Waals surface area contributed by atoms with E-state index in [2.05, 4.69) is 15.2 Å². The normalized spacial score (nSPS) is 10.2. The third-order valence-electron chi connectivity index (χ3n) is 1.67. The molecule has 6 heteroatoms. The second kappa shape index (κ2) is 4.50. The predicted molar refractivity (Wildman–Crippen MR) is 58.3 cm³/mol. The van der Waals surface area contributed by atoms with Crippen LogP contribution in [0.1, 0.15) is 17.3 Å². The number of rotatable bonds is 3. The Labute approximate surface area is 94.8 Å². The van der Waals surface area contributed by atoms with Gasteiger partial charge in [0.05, 0.1) is 0 Å². The maximum absolute atomic E-state index is 11.0. The van der Waals surface area contributed by atoms with Crippen LogP contribution in [-0.4, -0.2) is 21.0 Å². The van der Waals surface area contributed by atoms with Gasteiger partial charge in [0.1, 0.15) is 10.5 Å². The lowest BCUT2D eigenvalue weighted by molar-refractivity contribution is 0.101. The Kier molecular flexibility index (Phi) is 3.08. The highest BCUT2D eigenvalue weighted by molar-refractivity contribution is 8.00. The number of carbonyl (C=O) groups is 1. The number of carbonyl (C=O) groups excluding carboxylic acids is 1. The van der Waals surface area contributed by atoms with Crippen molar-refractivity contribution in [3.05, 3.63) is 29.4 Å². The van der Waals surface area contributed by atoms with Gasteiger partial charge in [-0.1, -0.05) is 11.3 Å². The fourth-order valence-corrected chi connectivity index (χ4v) is 2.31. The van der Waals surface area contributed by atoms with Gasteiger partial charge in [0.2, 0.25) is 0 Å². The zero-order valence-corrected chi connectivity index (χ0v) is 9.51. The molecular formula is C9H7N3OS2. The fourth-order valence-electron chi connectivity index (χ4n) is 0.946. The minimum atomic E-state index is 0.0231. The summed E-state index contributed by atoms with van der Waals surface area (Å²) in [4.78, 5) is 15.2. The summed E-state index contributed by atoms with van der Waals surface area (Å²) in [5.41, 5.74) is 2.29. The molecule has 76 valence electrons. The van der Waals surface area contributed by atoms with Gasteiger partial charge in [0.25, 0.3) is 0 Å². The fraction of sp³-hybridized carbons (Fsp3) is 0.111. The van der Waals surface area contributed by atoms with Crippen LogP contribution in [0, 0.1) is 0 Å². The lowest BCUT2D eigenvalue weighted by atomic mass is 10.2. The first-order chi connectivity index (χ1) is 7.25. The molecule has 0 saturated carbocycles. The van der Waals surface area contributed by atoms with Crippen molar-refractivity contribution < 1.29 is 4.79 Å². The molecular weight excluding hydrogens is 230 g/mol. The van der Waals surface area contributed by atoms with Crippen molar-refractivity contribution in [1.29, 1.82) is 0 Å². The zero-order valence-electron chi connectivity index (χ0n) is 7.88. The van der Waals surface area contributed by atoms with Crippen LogP contribution in [0.4, 0.5) is 0 Å². The number of hydrogen-bond acceptors (Lipinski definition) is 6. The van der Waals surface area contributed by atoms with Crippen LogP contribution in [0.5, 0.6) is 0 Å². The molecule has 0 aliphatic rings. The van der Waals surface area contributed by atoms with Crippen LogP contribution in [0.15, 0.2) is 33.2 Å². The number of nitrogens with zero attached hydrogens (tertiary/aromatic N) is 3. The van der Waals surface area contributed by atoms with Crippen LogP contribution >= 0.6 is 23.1 Å². The number of ketones is 1. The van der Waals surface area contributed by atoms with Gasteiger partial charge >= 0.3 is 0 Å². The maximum atomic E-state index is 11.0. The molecule has 0 saturated heterocycles. The van der Waals surface area contributed by atoms with Gasteiger partial charge in [-0.05, 0) is 30.8 Å². The first kappa shape index (κ1) is 10.3. The highest BCUT2D eigenvalue weighted by atomic mass is 32.2. The largest absolute Gasteiger partial charge is 0.294 e. The van der Waals surface area contributed by atoms with Gasteiger partial charge in [-0.2, -0.15) is 0 Å². The van der Waals surface area contributed by atoms with Crippen molar-refractivity contribution >= 4 is 28.9 Å². The Balaban J connectivity index is 2.14. The SMILES string of the molecule is CC(=O)c1ccc(Sc2nncs2)nc1. The van der Waals surface area contributed by atoms with Crippen molar-refractivity contribution in [3.63, 3.8) is 0 Å². The summed E-state index contributed by atoms with van der Waals surface area (Å²) >= 11 is 2.90. The van der Waals surface area contributed by atoms with Gasteiger partial charge in [-0.3, -0.25) is 4.79 Å². The van der Waals surface area contributed by atoms with Gasteiger partial charge in [-0.25, -0.2) is 4.98 Å². The van der Waals surface area contributed by atoms with E-state index in [0.29, 0.717) is 5.56 Å². The molecule has 0 unspecified atom stereocenters. The molecule has 2 rings (SSSR count). The molecule has 0 amide bonds. The average Bonchev–Trinajstić information content (AvgIpc) is 2.71. The molecule has 2 aromatic heterocycles. The lowest BCUT2D eigenvalue weighted by Gasteiger charge is -1.97. The summed E-state index contributed by atoms with van der Waals surface area (Å²) in [6, 6.07) is 3.57. The third-order valence-corrected chi connectivity index (χ3v) is 3.40. The van der Waals surface area contributed by atoms with Gasteiger partial charge < -0.3 is 0 Å². The lowest BCUT2D eigenvalue weighted by Crippen LogP contribution is -1.92. The topological polar surface area (TPSA) is 55.7 Å². The molecule has 4 nitrogen and oxygen atoms in total. The molecule has 0 N–H and O–H groups in total. The summed E-state index contributed by atoms with van der Waals surface area (Å²) < 4.78 is 0.845. The Morgan fingerprint density at radius 2 is 2.33 bits per heavy atom. The average molecular weight is 237 g/mol. The molecule has 2 heterocycles. The molecule has 0 spiro atoms. The van der Waals surface area contributed by atoms with Crippen LogP contribution < -0.4 is 0 Å². The molecule has 15 heavy (non-hydrogen) atoms. The van der Waals surface area contributed by atoms with E-state index in [1.165, 1.54) is 30.0 Å². The first-order valence-corrected chi connectivity index (χ1v) is 5.86. The minimum absolute atomic E-state index is 0.0231. The van der Waals surface area contributed by atoms with E-state index >= 15 is 0 Å². The van der Waals surface area contributed by atoms with Crippen LogP contribution in [-0.2, 0) is 0 Å². The van der Waals surface area contributed by atoms with E-state index in [9.17, 15) is 4.79 Å². The van der Waals surface area contributed by atoms with E-state index in [-0.39, 0.29) is 5.78 Å². The monoisotopic (exact) mass is 237 g/mol. The van der Waals surface area contributed by atoms with Crippen LogP contribution in [0.25, 0.3) is 0 Å². The molecule has 0 radical (unpaired) electrons. The van der Waals surface area contributed by atoms with Gasteiger partial charge in [0, 0.05) is 11.8 Å². The number of Topliss-reactive ketones (excluding diaryl/α,β-unsaturated/α-hetero) is 1. The number of aromatic nitrogens is 3. The summed E-state index contributed by atoms with van der Waals surface area (Å²) in [5.74, 6) is 0.0231. The summed E-state index contributed by atoms with van der Waals surface area (Å²) in [5, 5.41) is 8.44. The van der Waals surface area contributed by atoms with Crippen molar-refractivity contribution in [2.24, 2.45) is 0 Å². The van der Waals surface area contributed by atoms with Crippen LogP contribution in [0.2, 0.25) is 0 Å². The smallest absolute Gasteiger partial charge is 0.180 e. The Bertz CT molecular complexity index is 453. The molecule has 0 fully saturated rings. The standard InChI is InChI=1S/C9H7N3OS2/c1-6(13)7-2-3-8(10-4-7)15-9-12-11-5-14-9/h2-5H,1H3. The van der Waals surface area contributed by atoms with Gasteiger partial charge in [-0.15, -0.1) is 10.2 Å². The summed E-state index contributed by atoms with van der Waals surface area (Å²) in [6.45, 7) is 1.52. The van der Waals surface area contributed by atoms with E-state index in [4.69, 9.17) is 0 Å². The quantitative estimate of drug-likeness (QED) is 0.766. The molecule has 0 aliphatic carbocycles. The molecule has 0 aromatic carbocycles. The Morgan fingerprint density at radius 1 is 1.47 bits per heavy atom. The third kappa shape index (κ3) is 2.60. The minimum Gasteiger partial charge on any atom is -0.294 e. The van der Waals surface area contributed by atoms with Crippen LogP contribution in [0.3, 0.4) is 0 Å². The summed E-state index contributed by atoms with van der Waals surface area (Å²) in [6.07, 6.45) is 1.58. The molecule has 0 bridgehead atoms. The van der Waals surface area contributed by atoms with Gasteiger partial charge in [0.15, 0.2) is 10.1 Å². The molecule has 0 atom stereocenters. The predicted octanol–water partition coefficient (Wildman–Crippen LogP) is 2.29. The van der Waals surface area contributed by atoms with E-state index in [1.807, 2.05) is 6.07 Å². The second-order valence-electron chi connectivity index (χ2n) is 2.75. The van der Waals surface area contributed by atoms with Crippen molar-refractivity contribution in [2.45, 2.75) is 16.3 Å². The van der Waals surface area contributed by atoms with Crippen molar-refractivity contribution in [2.75, 3.05) is 0 Å². The summed E-state index contributed by atoms with van der Waals surface area (Å²) in [7, 11) is 0. The molecule has 2 aromatic rings. The number of pyridine rings is 1. The zero-order chi connectivity index (χ0) is 10.7. The van der Waals surface area contributed by atoms with Crippen molar-refractivity contribution in [3.8, 4) is 0 Å². The van der Waals surface area contributed by atoms with E-state index in [0.717, 1.165) is 9.37 Å². The first-order valence-electron chi connectivity index (χ1n) is 4.17. The highest BCUT2D eigenvalue weighted by Crippen LogP contribution is 2.26. The highest BCUT2D eigenvalue weighted by Gasteiger charge is 2.03. The number of hydrogen-bond donors (Lipinski definition) is 0. The van der Waals surface area contributed by atoms with Crippen molar-refractivity contribution in [1.82, 2.24) is 15.2 Å². The van der Waals surface area contributed by atoms with E-state index in [1.54, 1.807) is 17.8 Å². The Morgan fingerprint density at radius 3 is 2.87 bits per heavy atom. The molecule has 0 aliphatic heterocycles. The second-order valence-corrected chi connectivity index (χ2v) is 4.85. The van der Waals surface area contributed by atoms with E-state index < -0.39 is 0 Å². The maximum Gasteiger partial charge on any atom is 0.180 e. The Hall–Kier alpha value is -1.27.